The average molecular weight is 209 g/mol. The molecule has 0 aromatic carbocycles. The Balaban J connectivity index is 2.33. The van der Waals surface area contributed by atoms with E-state index in [1.165, 1.54) is 0 Å². The average Bonchev–Trinajstić information content (AvgIpc) is 2.65. The minimum atomic E-state index is 0.429. The van der Waals surface area contributed by atoms with Crippen LogP contribution in [0.3, 0.4) is 0 Å². The molecule has 0 bridgehead atoms. The van der Waals surface area contributed by atoms with Crippen LogP contribution < -0.4 is 0 Å². The lowest BCUT2D eigenvalue weighted by Gasteiger charge is -1.99. The van der Waals surface area contributed by atoms with Gasteiger partial charge in [-0.15, -0.1) is 11.6 Å². The Labute approximate surface area is 86.6 Å². The molecule has 14 heavy (non-hydrogen) atoms. The predicted molar refractivity (Wildman–Crippen MR) is 53.4 cm³/mol. The van der Waals surface area contributed by atoms with Crippen LogP contribution in [-0.2, 0) is 5.88 Å². The molecular weight excluding hydrogens is 200 g/mol. The van der Waals surface area contributed by atoms with Crippen molar-refractivity contribution in [3.63, 3.8) is 0 Å². The Morgan fingerprint density at radius 2 is 2.07 bits per heavy atom. The minimum absolute atomic E-state index is 0.429. The number of hydrogen-bond donors (Lipinski definition) is 0. The normalized spacial score (nSPS) is 10.4. The second-order valence-corrected chi connectivity index (χ2v) is 3.19. The second kappa shape index (κ2) is 3.75. The number of halogens is 1. The molecule has 0 spiro atoms. The molecule has 0 aliphatic heterocycles. The Bertz CT molecular complexity index is 421. The van der Waals surface area contributed by atoms with Gasteiger partial charge in [0.05, 0.1) is 11.6 Å². The van der Waals surface area contributed by atoms with Crippen molar-refractivity contribution >= 4 is 11.6 Å². The molecule has 0 unspecified atom stereocenters. The van der Waals surface area contributed by atoms with Crippen molar-refractivity contribution in [3.8, 4) is 5.95 Å². The fraction of sp³-hybridized carbons (Fsp3) is 0.222. The smallest absolute Gasteiger partial charge is 0.219 e. The highest BCUT2D eigenvalue weighted by Gasteiger charge is 2.00. The van der Waals surface area contributed by atoms with Gasteiger partial charge in [-0.3, -0.25) is 0 Å². The highest BCUT2D eigenvalue weighted by molar-refractivity contribution is 6.17. The first kappa shape index (κ1) is 9.15. The van der Waals surface area contributed by atoms with E-state index in [-0.39, 0.29) is 0 Å². The summed E-state index contributed by atoms with van der Waals surface area (Å²) in [5.41, 5.74) is 1.84. The summed E-state index contributed by atoms with van der Waals surface area (Å²) >= 11 is 5.63. The minimum Gasteiger partial charge on any atom is -0.219 e. The third-order valence-electron chi connectivity index (χ3n) is 1.77. The maximum atomic E-state index is 5.63. The summed E-state index contributed by atoms with van der Waals surface area (Å²) in [5, 5.41) is 4.20. The monoisotopic (exact) mass is 208 g/mol. The lowest BCUT2D eigenvalue weighted by atomic mass is 10.4. The van der Waals surface area contributed by atoms with Crippen molar-refractivity contribution in [1.82, 2.24) is 19.7 Å². The molecule has 2 heterocycles. The third kappa shape index (κ3) is 1.75. The van der Waals surface area contributed by atoms with Crippen molar-refractivity contribution in [2.24, 2.45) is 0 Å². The summed E-state index contributed by atoms with van der Waals surface area (Å²) in [7, 11) is 0. The van der Waals surface area contributed by atoms with Gasteiger partial charge in [0, 0.05) is 24.2 Å². The van der Waals surface area contributed by atoms with Crippen LogP contribution in [0.2, 0.25) is 0 Å². The van der Waals surface area contributed by atoms with Gasteiger partial charge >= 0.3 is 0 Å². The van der Waals surface area contributed by atoms with Crippen molar-refractivity contribution in [2.75, 3.05) is 0 Å². The number of aromatic nitrogens is 4. The van der Waals surface area contributed by atoms with E-state index >= 15 is 0 Å². The van der Waals surface area contributed by atoms with Crippen LogP contribution in [0.4, 0.5) is 0 Å². The topological polar surface area (TPSA) is 43.6 Å². The van der Waals surface area contributed by atoms with E-state index in [0.29, 0.717) is 11.8 Å². The molecule has 5 heteroatoms. The van der Waals surface area contributed by atoms with Gasteiger partial charge in [0.2, 0.25) is 5.95 Å². The molecule has 4 nitrogen and oxygen atoms in total. The molecule has 72 valence electrons. The van der Waals surface area contributed by atoms with E-state index in [9.17, 15) is 0 Å². The molecule has 0 amide bonds. The highest BCUT2D eigenvalue weighted by Crippen LogP contribution is 2.03. The van der Waals surface area contributed by atoms with Crippen LogP contribution in [0.25, 0.3) is 5.95 Å². The fourth-order valence-corrected chi connectivity index (χ4v) is 1.20. The highest BCUT2D eigenvalue weighted by atomic mass is 35.5. The molecule has 0 aliphatic carbocycles. The quantitative estimate of drug-likeness (QED) is 0.706. The molecule has 0 aliphatic rings. The Morgan fingerprint density at radius 1 is 1.36 bits per heavy atom. The van der Waals surface area contributed by atoms with Crippen LogP contribution in [-0.4, -0.2) is 19.7 Å². The number of alkyl halides is 1. The Kier molecular flexibility index (Phi) is 2.45. The Hall–Kier alpha value is -1.42. The van der Waals surface area contributed by atoms with E-state index in [0.717, 1.165) is 11.3 Å². The van der Waals surface area contributed by atoms with Crippen LogP contribution in [0.5, 0.6) is 0 Å². The van der Waals surface area contributed by atoms with Gasteiger partial charge in [0.25, 0.3) is 0 Å². The van der Waals surface area contributed by atoms with Gasteiger partial charge in [0.1, 0.15) is 0 Å². The van der Waals surface area contributed by atoms with Crippen molar-refractivity contribution in [2.45, 2.75) is 12.8 Å². The molecule has 0 N–H and O–H groups in total. The number of aryl methyl sites for hydroxylation is 1. The first-order chi connectivity index (χ1) is 6.79. The van der Waals surface area contributed by atoms with Crippen LogP contribution >= 0.6 is 11.6 Å². The molecule has 0 fully saturated rings. The standard InChI is InChI=1S/C9H9ClN4/c1-7-2-3-14(13-7)9-11-5-8(4-10)6-12-9/h2-3,5-6H,4H2,1H3. The van der Waals surface area contributed by atoms with Gasteiger partial charge < -0.3 is 0 Å². The molecule has 0 atom stereocenters. The summed E-state index contributed by atoms with van der Waals surface area (Å²) in [6.45, 7) is 1.92. The van der Waals surface area contributed by atoms with Gasteiger partial charge in [0.15, 0.2) is 0 Å². The maximum absolute atomic E-state index is 5.63. The lowest BCUT2D eigenvalue weighted by Crippen LogP contribution is -2.01. The van der Waals surface area contributed by atoms with Crippen molar-refractivity contribution in [3.05, 3.63) is 35.9 Å². The summed E-state index contributed by atoms with van der Waals surface area (Å²) in [6.07, 6.45) is 5.23. The number of nitrogens with zero attached hydrogens (tertiary/aromatic N) is 4. The van der Waals surface area contributed by atoms with Gasteiger partial charge in [-0.25, -0.2) is 14.6 Å². The summed E-state index contributed by atoms with van der Waals surface area (Å²) in [6, 6.07) is 1.90. The van der Waals surface area contributed by atoms with Crippen molar-refractivity contribution < 1.29 is 0 Å². The maximum Gasteiger partial charge on any atom is 0.250 e. The summed E-state index contributed by atoms with van der Waals surface area (Å²) in [5.74, 6) is 0.991. The van der Waals surface area contributed by atoms with E-state index < -0.39 is 0 Å². The first-order valence-electron chi connectivity index (χ1n) is 4.19. The molecule has 0 saturated carbocycles. The zero-order valence-corrected chi connectivity index (χ0v) is 8.44. The van der Waals surface area contributed by atoms with Gasteiger partial charge in [-0.05, 0) is 13.0 Å². The SMILES string of the molecule is Cc1ccn(-c2ncc(CCl)cn2)n1. The fourth-order valence-electron chi connectivity index (χ4n) is 1.06. The Morgan fingerprint density at radius 3 is 2.57 bits per heavy atom. The van der Waals surface area contributed by atoms with E-state index in [4.69, 9.17) is 11.6 Å². The zero-order valence-electron chi connectivity index (χ0n) is 7.68. The van der Waals surface area contributed by atoms with Gasteiger partial charge in [-0.1, -0.05) is 0 Å². The molecule has 2 aromatic heterocycles. The van der Waals surface area contributed by atoms with Crippen LogP contribution in [0, 0.1) is 6.92 Å². The van der Waals surface area contributed by atoms with Crippen LogP contribution in [0.15, 0.2) is 24.7 Å². The van der Waals surface area contributed by atoms with Crippen molar-refractivity contribution in [1.29, 1.82) is 0 Å². The predicted octanol–water partition coefficient (Wildman–Crippen LogP) is 1.71. The molecular formula is C9H9ClN4. The molecule has 0 radical (unpaired) electrons. The van der Waals surface area contributed by atoms with Crippen LogP contribution in [0.1, 0.15) is 11.3 Å². The summed E-state index contributed by atoms with van der Waals surface area (Å²) in [4.78, 5) is 8.28. The number of hydrogen-bond acceptors (Lipinski definition) is 3. The third-order valence-corrected chi connectivity index (χ3v) is 2.08. The van der Waals surface area contributed by atoms with E-state index in [2.05, 4.69) is 15.1 Å². The summed E-state index contributed by atoms with van der Waals surface area (Å²) < 4.78 is 1.63. The first-order valence-corrected chi connectivity index (χ1v) is 4.72. The molecule has 0 saturated heterocycles. The number of rotatable bonds is 2. The second-order valence-electron chi connectivity index (χ2n) is 2.93. The zero-order chi connectivity index (χ0) is 9.97. The largest absolute Gasteiger partial charge is 0.250 e. The van der Waals surface area contributed by atoms with Gasteiger partial charge in [-0.2, -0.15) is 5.10 Å². The lowest BCUT2D eigenvalue weighted by molar-refractivity contribution is 0.794. The molecule has 2 aromatic rings. The van der Waals surface area contributed by atoms with E-state index in [1.807, 2.05) is 19.2 Å². The molecule has 2 rings (SSSR count). The van der Waals surface area contributed by atoms with E-state index in [1.54, 1.807) is 17.1 Å².